The molecule has 14 heavy (non-hydrogen) atoms. The average Bonchev–Trinajstić information content (AvgIpc) is 2.32. The maximum Gasteiger partial charge on any atom is 0.229 e. The van der Waals surface area contributed by atoms with Crippen molar-refractivity contribution in [3.05, 3.63) is 12.2 Å². The Morgan fingerprint density at radius 3 is 2.21 bits per heavy atom. The van der Waals surface area contributed by atoms with E-state index in [9.17, 15) is 9.59 Å². The Morgan fingerprint density at radius 2 is 1.71 bits per heavy atom. The number of amides is 2. The number of likely N-dealkylation sites (tertiary alicyclic amines) is 1. The van der Waals surface area contributed by atoms with E-state index in [0.29, 0.717) is 25.9 Å². The van der Waals surface area contributed by atoms with Crippen LogP contribution in [0.3, 0.4) is 0 Å². The molecule has 78 valence electrons. The van der Waals surface area contributed by atoms with Crippen molar-refractivity contribution in [1.29, 1.82) is 0 Å². The first-order chi connectivity index (χ1) is 6.75. The molecule has 4 heteroatoms. The van der Waals surface area contributed by atoms with Gasteiger partial charge in [0.2, 0.25) is 11.8 Å². The molecule has 2 N–H and O–H groups in total. The highest BCUT2D eigenvalue weighted by atomic mass is 16.2. The Labute approximate surface area is 83.8 Å². The van der Waals surface area contributed by atoms with Crippen molar-refractivity contribution < 1.29 is 9.59 Å². The summed E-state index contributed by atoms with van der Waals surface area (Å²) >= 11 is 0. The van der Waals surface area contributed by atoms with Crippen LogP contribution in [0.1, 0.15) is 25.7 Å². The third-order valence-electron chi connectivity index (χ3n) is 2.22. The van der Waals surface area contributed by atoms with Crippen molar-refractivity contribution in [2.75, 3.05) is 13.1 Å². The van der Waals surface area contributed by atoms with Crippen molar-refractivity contribution in [2.24, 2.45) is 5.73 Å². The van der Waals surface area contributed by atoms with Gasteiger partial charge in [0.1, 0.15) is 0 Å². The molecule has 4 nitrogen and oxygen atoms in total. The van der Waals surface area contributed by atoms with Crippen LogP contribution in [0.2, 0.25) is 0 Å². The summed E-state index contributed by atoms with van der Waals surface area (Å²) in [5.41, 5.74) is 5.27. The zero-order valence-electron chi connectivity index (χ0n) is 8.24. The summed E-state index contributed by atoms with van der Waals surface area (Å²) in [7, 11) is 0. The van der Waals surface area contributed by atoms with Crippen LogP contribution in [0.15, 0.2) is 12.2 Å². The second-order valence-corrected chi connectivity index (χ2v) is 3.31. The zero-order valence-corrected chi connectivity index (χ0v) is 8.24. The first-order valence-corrected chi connectivity index (χ1v) is 4.94. The first kappa shape index (κ1) is 10.9. The molecule has 0 aliphatic carbocycles. The fraction of sp³-hybridized carbons (Fsp3) is 0.600. The molecule has 0 aromatic rings. The molecule has 1 rings (SSSR count). The monoisotopic (exact) mass is 196 g/mol. The van der Waals surface area contributed by atoms with Crippen LogP contribution in [0.4, 0.5) is 0 Å². The standard InChI is InChI=1S/C10H16N2O2/c11-7-3-4-8-12-9(13)5-1-2-6-10(12)14/h3-4H,1-2,5-8,11H2/b4-3+. The third-order valence-corrected chi connectivity index (χ3v) is 2.22. The maximum absolute atomic E-state index is 11.5. The predicted octanol–water partition coefficient (Wildman–Crippen LogP) is 0.430. The Morgan fingerprint density at radius 1 is 1.14 bits per heavy atom. The molecule has 0 unspecified atom stereocenters. The van der Waals surface area contributed by atoms with E-state index >= 15 is 0 Å². The smallest absolute Gasteiger partial charge is 0.229 e. The fourth-order valence-corrected chi connectivity index (χ4v) is 1.44. The van der Waals surface area contributed by atoms with Gasteiger partial charge in [0.25, 0.3) is 0 Å². The summed E-state index contributed by atoms with van der Waals surface area (Å²) in [4.78, 5) is 24.2. The molecule has 2 amide bonds. The van der Waals surface area contributed by atoms with Crippen LogP contribution < -0.4 is 5.73 Å². The molecule has 1 aliphatic rings. The Kier molecular flexibility index (Phi) is 4.32. The molecule has 0 atom stereocenters. The highest BCUT2D eigenvalue weighted by molar-refractivity contribution is 5.96. The van der Waals surface area contributed by atoms with E-state index < -0.39 is 0 Å². The molecule has 1 fully saturated rings. The molecule has 0 spiro atoms. The van der Waals surface area contributed by atoms with Crippen LogP contribution in [-0.4, -0.2) is 29.8 Å². The van der Waals surface area contributed by atoms with Gasteiger partial charge in [-0.1, -0.05) is 12.2 Å². The molecular formula is C10H16N2O2. The lowest BCUT2D eigenvalue weighted by Crippen LogP contribution is -2.35. The van der Waals surface area contributed by atoms with Gasteiger partial charge in [0, 0.05) is 25.9 Å². The normalized spacial score (nSPS) is 19.1. The van der Waals surface area contributed by atoms with Crippen molar-refractivity contribution in [1.82, 2.24) is 4.90 Å². The summed E-state index contributed by atoms with van der Waals surface area (Å²) in [6, 6.07) is 0. The van der Waals surface area contributed by atoms with Gasteiger partial charge >= 0.3 is 0 Å². The lowest BCUT2D eigenvalue weighted by molar-refractivity contribution is -0.143. The number of nitrogens with two attached hydrogens (primary N) is 1. The molecule has 0 radical (unpaired) electrons. The fourth-order valence-electron chi connectivity index (χ4n) is 1.44. The lowest BCUT2D eigenvalue weighted by atomic mass is 10.2. The molecule has 0 aromatic carbocycles. The Balaban J connectivity index is 2.56. The summed E-state index contributed by atoms with van der Waals surface area (Å²) in [5.74, 6) is -0.122. The van der Waals surface area contributed by atoms with E-state index in [1.165, 1.54) is 4.90 Å². The van der Waals surface area contributed by atoms with E-state index in [2.05, 4.69) is 0 Å². The summed E-state index contributed by atoms with van der Waals surface area (Å²) in [5, 5.41) is 0. The van der Waals surface area contributed by atoms with Crippen LogP contribution >= 0.6 is 0 Å². The van der Waals surface area contributed by atoms with Crippen LogP contribution in [0.25, 0.3) is 0 Å². The van der Waals surface area contributed by atoms with Gasteiger partial charge in [-0.2, -0.15) is 0 Å². The summed E-state index contributed by atoms with van der Waals surface area (Å²) in [6.45, 7) is 0.811. The molecular weight excluding hydrogens is 180 g/mol. The molecule has 0 saturated carbocycles. The number of carbonyl (C=O) groups excluding carboxylic acids is 2. The van der Waals surface area contributed by atoms with Crippen molar-refractivity contribution in [3.8, 4) is 0 Å². The number of hydrogen-bond donors (Lipinski definition) is 1. The number of imide groups is 1. The van der Waals surface area contributed by atoms with Crippen molar-refractivity contribution in [2.45, 2.75) is 25.7 Å². The van der Waals surface area contributed by atoms with Crippen LogP contribution in [0, 0.1) is 0 Å². The maximum atomic E-state index is 11.5. The number of rotatable bonds is 3. The first-order valence-electron chi connectivity index (χ1n) is 4.94. The van der Waals surface area contributed by atoms with E-state index in [4.69, 9.17) is 5.73 Å². The number of nitrogens with zero attached hydrogens (tertiary/aromatic N) is 1. The van der Waals surface area contributed by atoms with Gasteiger partial charge in [-0.25, -0.2) is 0 Å². The third kappa shape index (κ3) is 2.96. The van der Waals surface area contributed by atoms with Gasteiger partial charge < -0.3 is 5.73 Å². The van der Waals surface area contributed by atoms with Gasteiger partial charge in [0.15, 0.2) is 0 Å². The molecule has 1 aliphatic heterocycles. The van der Waals surface area contributed by atoms with E-state index in [1.807, 2.05) is 0 Å². The lowest BCUT2D eigenvalue weighted by Gasteiger charge is -2.15. The minimum Gasteiger partial charge on any atom is -0.327 e. The molecule has 1 saturated heterocycles. The van der Waals surface area contributed by atoms with Gasteiger partial charge in [-0.05, 0) is 12.8 Å². The SMILES string of the molecule is NC/C=C/CN1C(=O)CCCCC1=O. The van der Waals surface area contributed by atoms with E-state index in [1.54, 1.807) is 12.2 Å². The van der Waals surface area contributed by atoms with Crippen molar-refractivity contribution in [3.63, 3.8) is 0 Å². The highest BCUT2D eigenvalue weighted by Gasteiger charge is 2.22. The average molecular weight is 196 g/mol. The van der Waals surface area contributed by atoms with Gasteiger partial charge in [-0.3, -0.25) is 14.5 Å². The van der Waals surface area contributed by atoms with Crippen LogP contribution in [0.5, 0.6) is 0 Å². The van der Waals surface area contributed by atoms with E-state index in [-0.39, 0.29) is 11.8 Å². The largest absolute Gasteiger partial charge is 0.327 e. The van der Waals surface area contributed by atoms with Crippen LogP contribution in [-0.2, 0) is 9.59 Å². The Hall–Kier alpha value is -1.16. The topological polar surface area (TPSA) is 63.4 Å². The Bertz CT molecular complexity index is 231. The molecule has 0 bridgehead atoms. The van der Waals surface area contributed by atoms with E-state index in [0.717, 1.165) is 12.8 Å². The highest BCUT2D eigenvalue weighted by Crippen LogP contribution is 2.12. The molecule has 0 aromatic heterocycles. The quantitative estimate of drug-likeness (QED) is 0.526. The minimum absolute atomic E-state index is 0.0610. The van der Waals surface area contributed by atoms with Gasteiger partial charge in [-0.15, -0.1) is 0 Å². The second-order valence-electron chi connectivity index (χ2n) is 3.31. The zero-order chi connectivity index (χ0) is 10.4. The molecule has 1 heterocycles. The number of hydrogen-bond acceptors (Lipinski definition) is 3. The predicted molar refractivity (Wildman–Crippen MR) is 53.4 cm³/mol. The number of carbonyl (C=O) groups is 2. The minimum atomic E-state index is -0.0610. The van der Waals surface area contributed by atoms with Gasteiger partial charge in [0.05, 0.1) is 0 Å². The van der Waals surface area contributed by atoms with Crippen molar-refractivity contribution >= 4 is 11.8 Å². The summed E-state index contributed by atoms with van der Waals surface area (Å²) in [6.07, 6.45) is 6.14. The summed E-state index contributed by atoms with van der Waals surface area (Å²) < 4.78 is 0. The second kappa shape index (κ2) is 5.54.